The van der Waals surface area contributed by atoms with Crippen LogP contribution in [-0.2, 0) is 6.54 Å². The van der Waals surface area contributed by atoms with E-state index in [-0.39, 0.29) is 6.10 Å². The molecule has 2 heterocycles. The van der Waals surface area contributed by atoms with Crippen molar-refractivity contribution in [2.24, 2.45) is 5.92 Å². The summed E-state index contributed by atoms with van der Waals surface area (Å²) in [7, 11) is 0. The fourth-order valence-electron chi connectivity index (χ4n) is 3.57. The Balaban J connectivity index is 1.66. The van der Waals surface area contributed by atoms with E-state index < -0.39 is 0 Å². The lowest BCUT2D eigenvalue weighted by atomic mass is 9.80. The van der Waals surface area contributed by atoms with Gasteiger partial charge in [0.1, 0.15) is 0 Å². The van der Waals surface area contributed by atoms with E-state index in [2.05, 4.69) is 15.0 Å². The Morgan fingerprint density at radius 1 is 1.28 bits per heavy atom. The molecule has 3 rings (SSSR count). The third kappa shape index (κ3) is 2.42. The summed E-state index contributed by atoms with van der Waals surface area (Å²) >= 11 is 0. The Labute approximate surface area is 107 Å². The van der Waals surface area contributed by atoms with Crippen molar-refractivity contribution in [3.05, 3.63) is 12.2 Å². The predicted molar refractivity (Wildman–Crippen MR) is 65.7 cm³/mol. The number of hydrogen-bond acceptors (Lipinski definition) is 5. The lowest BCUT2D eigenvalue weighted by molar-refractivity contribution is 0.0194. The van der Waals surface area contributed by atoms with Crippen LogP contribution in [0.25, 0.3) is 0 Å². The molecule has 2 aliphatic rings. The second-order valence-electron chi connectivity index (χ2n) is 5.54. The van der Waals surface area contributed by atoms with Crippen LogP contribution in [0.15, 0.2) is 10.9 Å². The van der Waals surface area contributed by atoms with Gasteiger partial charge in [-0.2, -0.15) is 4.98 Å². The van der Waals surface area contributed by atoms with E-state index in [9.17, 15) is 5.11 Å². The van der Waals surface area contributed by atoms with Crippen molar-refractivity contribution in [2.75, 3.05) is 6.54 Å². The number of nitrogens with zero attached hydrogens (tertiary/aromatic N) is 3. The highest BCUT2D eigenvalue weighted by atomic mass is 16.5. The lowest BCUT2D eigenvalue weighted by Gasteiger charge is -2.36. The Bertz CT molecular complexity index is 368. The van der Waals surface area contributed by atoms with Crippen molar-refractivity contribution in [1.82, 2.24) is 15.0 Å². The molecular weight excluding hydrogens is 230 g/mol. The van der Waals surface area contributed by atoms with E-state index in [4.69, 9.17) is 4.52 Å². The molecule has 18 heavy (non-hydrogen) atoms. The Hall–Kier alpha value is -0.940. The fourth-order valence-corrected chi connectivity index (χ4v) is 3.57. The maximum Gasteiger partial charge on any atom is 0.213 e. The molecular formula is C13H21N3O2. The van der Waals surface area contributed by atoms with E-state index in [1.54, 1.807) is 0 Å². The van der Waals surface area contributed by atoms with E-state index in [1.807, 2.05) is 0 Å². The monoisotopic (exact) mass is 251 g/mol. The lowest BCUT2D eigenvalue weighted by Crippen LogP contribution is -2.42. The van der Waals surface area contributed by atoms with Gasteiger partial charge in [-0.05, 0) is 32.2 Å². The Morgan fingerprint density at radius 2 is 2.17 bits per heavy atom. The van der Waals surface area contributed by atoms with Crippen molar-refractivity contribution in [3.63, 3.8) is 0 Å². The van der Waals surface area contributed by atoms with Gasteiger partial charge in [-0.1, -0.05) is 18.0 Å². The van der Waals surface area contributed by atoms with E-state index in [0.29, 0.717) is 12.0 Å². The molecule has 1 saturated heterocycles. The van der Waals surface area contributed by atoms with E-state index in [0.717, 1.165) is 31.8 Å². The maximum atomic E-state index is 10.2. The second kappa shape index (κ2) is 5.36. The first-order valence-electron chi connectivity index (χ1n) is 7.02. The molecule has 1 aromatic rings. The second-order valence-corrected chi connectivity index (χ2v) is 5.54. The topological polar surface area (TPSA) is 62.4 Å². The van der Waals surface area contributed by atoms with Crippen LogP contribution in [0.1, 0.15) is 44.3 Å². The van der Waals surface area contributed by atoms with Gasteiger partial charge in [0.2, 0.25) is 6.39 Å². The molecule has 2 fully saturated rings. The molecule has 3 atom stereocenters. The number of rotatable bonds is 3. The van der Waals surface area contributed by atoms with Gasteiger partial charge >= 0.3 is 0 Å². The molecule has 3 unspecified atom stereocenters. The molecule has 1 aromatic heterocycles. The molecule has 0 radical (unpaired) electrons. The first-order valence-corrected chi connectivity index (χ1v) is 7.02. The van der Waals surface area contributed by atoms with Crippen molar-refractivity contribution in [2.45, 2.75) is 57.2 Å². The normalized spacial score (nSPS) is 33.9. The highest BCUT2D eigenvalue weighted by Crippen LogP contribution is 2.35. The van der Waals surface area contributed by atoms with Crippen molar-refractivity contribution < 1.29 is 9.63 Å². The van der Waals surface area contributed by atoms with Crippen LogP contribution >= 0.6 is 0 Å². The average Bonchev–Trinajstić information content (AvgIpc) is 3.02. The molecule has 0 amide bonds. The summed E-state index contributed by atoms with van der Waals surface area (Å²) in [5.41, 5.74) is 0. The molecule has 5 nitrogen and oxygen atoms in total. The molecule has 0 spiro atoms. The van der Waals surface area contributed by atoms with E-state index in [1.165, 1.54) is 32.1 Å². The molecule has 1 aliphatic heterocycles. The van der Waals surface area contributed by atoms with Gasteiger partial charge in [0, 0.05) is 12.0 Å². The molecule has 1 aliphatic carbocycles. The van der Waals surface area contributed by atoms with Crippen LogP contribution in [0.4, 0.5) is 0 Å². The van der Waals surface area contributed by atoms with Crippen molar-refractivity contribution in [3.8, 4) is 0 Å². The fraction of sp³-hybridized carbons (Fsp3) is 0.846. The summed E-state index contributed by atoms with van der Waals surface area (Å²) < 4.78 is 4.79. The maximum absolute atomic E-state index is 10.2. The van der Waals surface area contributed by atoms with Crippen LogP contribution in [0.2, 0.25) is 0 Å². The average molecular weight is 251 g/mol. The van der Waals surface area contributed by atoms with Gasteiger partial charge in [-0.15, -0.1) is 0 Å². The minimum absolute atomic E-state index is 0.116. The van der Waals surface area contributed by atoms with Gasteiger partial charge in [-0.25, -0.2) is 0 Å². The van der Waals surface area contributed by atoms with Crippen LogP contribution in [-0.4, -0.2) is 38.8 Å². The third-order valence-electron chi connectivity index (χ3n) is 4.44. The summed E-state index contributed by atoms with van der Waals surface area (Å²) in [6, 6.07) is 0.499. The van der Waals surface area contributed by atoms with Gasteiger partial charge in [0.05, 0.1) is 12.6 Å². The van der Waals surface area contributed by atoms with Crippen LogP contribution < -0.4 is 0 Å². The molecule has 5 heteroatoms. The zero-order valence-electron chi connectivity index (χ0n) is 10.7. The Morgan fingerprint density at radius 3 is 2.94 bits per heavy atom. The summed E-state index contributed by atoms with van der Waals surface area (Å²) in [6.45, 7) is 1.84. The predicted octanol–water partition coefficient (Wildman–Crippen LogP) is 1.59. The highest BCUT2D eigenvalue weighted by Gasteiger charge is 2.37. The summed E-state index contributed by atoms with van der Waals surface area (Å²) in [4.78, 5) is 6.52. The van der Waals surface area contributed by atoms with Gasteiger partial charge in [0.25, 0.3) is 0 Å². The van der Waals surface area contributed by atoms with Crippen LogP contribution in [0.3, 0.4) is 0 Å². The highest BCUT2D eigenvalue weighted by molar-refractivity contribution is 4.92. The summed E-state index contributed by atoms with van der Waals surface area (Å²) in [5, 5.41) is 14.1. The zero-order chi connectivity index (χ0) is 12.4. The number of aliphatic hydroxyl groups is 1. The SMILES string of the molecule is OC1CCCCC1C1CCCN1Cc1ncon1. The minimum atomic E-state index is -0.116. The number of likely N-dealkylation sites (tertiary alicyclic amines) is 1. The Kier molecular flexibility index (Phi) is 3.61. The van der Waals surface area contributed by atoms with Gasteiger partial charge < -0.3 is 9.63 Å². The smallest absolute Gasteiger partial charge is 0.213 e. The first kappa shape index (κ1) is 12.1. The van der Waals surface area contributed by atoms with Crippen LogP contribution in [0.5, 0.6) is 0 Å². The van der Waals surface area contributed by atoms with E-state index >= 15 is 0 Å². The largest absolute Gasteiger partial charge is 0.393 e. The minimum Gasteiger partial charge on any atom is -0.393 e. The molecule has 0 bridgehead atoms. The molecule has 0 aromatic carbocycles. The molecule has 1 N–H and O–H groups in total. The molecule has 1 saturated carbocycles. The standard InChI is InChI=1S/C13H21N3O2/c17-12-6-2-1-4-10(12)11-5-3-7-16(11)8-13-14-9-18-15-13/h9-12,17H,1-8H2. The number of aliphatic hydroxyl groups excluding tert-OH is 1. The number of hydrogen-bond donors (Lipinski definition) is 1. The van der Waals surface area contributed by atoms with Crippen molar-refractivity contribution >= 4 is 0 Å². The quantitative estimate of drug-likeness (QED) is 0.883. The summed E-state index contributed by atoms with van der Waals surface area (Å²) in [5.74, 6) is 1.19. The first-order chi connectivity index (χ1) is 8.84. The number of aromatic nitrogens is 2. The van der Waals surface area contributed by atoms with Crippen molar-refractivity contribution in [1.29, 1.82) is 0 Å². The van der Waals surface area contributed by atoms with Gasteiger partial charge in [0.15, 0.2) is 5.82 Å². The van der Waals surface area contributed by atoms with Crippen LogP contribution in [0, 0.1) is 5.92 Å². The van der Waals surface area contributed by atoms with Gasteiger partial charge in [-0.3, -0.25) is 4.90 Å². The zero-order valence-corrected chi connectivity index (χ0v) is 10.7. The molecule has 100 valence electrons. The third-order valence-corrected chi connectivity index (χ3v) is 4.44. The summed E-state index contributed by atoms with van der Waals surface area (Å²) in [6.07, 6.45) is 8.24.